The summed E-state index contributed by atoms with van der Waals surface area (Å²) in [6, 6.07) is 20.9. The average Bonchev–Trinajstić information content (AvgIpc) is 3.35. The van der Waals surface area contributed by atoms with E-state index in [-0.39, 0.29) is 21.8 Å². The normalized spacial score (nSPS) is 12.1. The van der Waals surface area contributed by atoms with Crippen LogP contribution in [-0.2, 0) is 16.2 Å². The molecule has 40 heavy (non-hydrogen) atoms. The molecule has 4 aromatic rings. The van der Waals surface area contributed by atoms with Gasteiger partial charge in [0.15, 0.2) is 5.69 Å². The lowest BCUT2D eigenvalue weighted by atomic mass is 10.1. The van der Waals surface area contributed by atoms with Crippen molar-refractivity contribution in [1.29, 1.82) is 5.26 Å². The van der Waals surface area contributed by atoms with Gasteiger partial charge in [0.1, 0.15) is 5.69 Å². The number of carbonyl (C=O) groups excluding carboxylic acids is 1. The first-order valence-electron chi connectivity index (χ1n) is 11.9. The summed E-state index contributed by atoms with van der Waals surface area (Å²) < 4.78 is 69.8. The maximum absolute atomic E-state index is 13.4. The molecule has 0 spiro atoms. The highest BCUT2D eigenvalue weighted by atomic mass is 32.2. The molecule has 0 fully saturated rings. The van der Waals surface area contributed by atoms with Crippen molar-refractivity contribution in [3.8, 4) is 22.9 Å². The molecule has 0 atom stereocenters. The Kier molecular flexibility index (Phi) is 7.56. The number of amides is 1. The second-order valence-electron chi connectivity index (χ2n) is 9.87. The molecule has 1 amide bonds. The van der Waals surface area contributed by atoms with Crippen molar-refractivity contribution in [3.05, 3.63) is 95.8 Å². The molecule has 0 unspecified atom stereocenters. The summed E-state index contributed by atoms with van der Waals surface area (Å²) in [5.74, 6) is -0.865. The molecule has 0 bridgehead atoms. The van der Waals surface area contributed by atoms with Crippen LogP contribution in [0, 0.1) is 11.3 Å². The molecule has 0 aliphatic rings. The minimum absolute atomic E-state index is 0.0740. The van der Waals surface area contributed by atoms with Crippen molar-refractivity contribution in [2.75, 3.05) is 5.32 Å². The molecule has 0 aliphatic heterocycles. The van der Waals surface area contributed by atoms with Crippen LogP contribution in [0.2, 0.25) is 0 Å². The van der Waals surface area contributed by atoms with E-state index in [0.29, 0.717) is 17.2 Å². The minimum Gasteiger partial charge on any atom is -0.321 e. The first kappa shape index (κ1) is 28.5. The van der Waals surface area contributed by atoms with E-state index in [2.05, 4.69) is 15.1 Å². The Morgan fingerprint density at radius 2 is 1.62 bits per heavy atom. The molecule has 8 nitrogen and oxygen atoms in total. The van der Waals surface area contributed by atoms with Gasteiger partial charge in [-0.05, 0) is 62.7 Å². The highest BCUT2D eigenvalue weighted by molar-refractivity contribution is 7.89. The van der Waals surface area contributed by atoms with E-state index in [0.717, 1.165) is 4.68 Å². The number of sulfonamides is 1. The quantitative estimate of drug-likeness (QED) is 0.307. The number of nitrogens with zero attached hydrogens (tertiary/aromatic N) is 3. The standard InChI is InChI=1S/C28H24F3N5O3S/c1-27(2,3)35-40(38,39)24-10-5-4-9-22(24)19-11-13-20(14-12-19)33-26(37)23-16-25(28(29,30)31)34-36(23)21-8-6-7-18(15-21)17-32/h4-16,35H,1-3H3,(H,33,37). The van der Waals surface area contributed by atoms with E-state index in [1.165, 1.54) is 42.5 Å². The first-order valence-corrected chi connectivity index (χ1v) is 13.4. The monoisotopic (exact) mass is 567 g/mol. The molecule has 0 aliphatic carbocycles. The number of anilines is 1. The number of carbonyl (C=O) groups is 1. The van der Waals surface area contributed by atoms with Gasteiger partial charge in [-0.15, -0.1) is 0 Å². The molecule has 1 heterocycles. The number of nitriles is 1. The Labute approximate surface area is 229 Å². The zero-order valence-electron chi connectivity index (χ0n) is 21.6. The second-order valence-corrected chi connectivity index (χ2v) is 11.5. The molecule has 12 heteroatoms. The number of hydrogen-bond donors (Lipinski definition) is 2. The van der Waals surface area contributed by atoms with E-state index in [1.807, 2.05) is 6.07 Å². The van der Waals surface area contributed by atoms with Crippen molar-refractivity contribution in [3.63, 3.8) is 0 Å². The molecule has 0 saturated heterocycles. The van der Waals surface area contributed by atoms with Crippen molar-refractivity contribution in [1.82, 2.24) is 14.5 Å². The molecular weight excluding hydrogens is 543 g/mol. The smallest absolute Gasteiger partial charge is 0.321 e. The molecule has 4 rings (SSSR count). The number of aromatic nitrogens is 2. The van der Waals surface area contributed by atoms with Crippen LogP contribution in [0.5, 0.6) is 0 Å². The van der Waals surface area contributed by atoms with Gasteiger partial charge in [-0.2, -0.15) is 23.5 Å². The van der Waals surface area contributed by atoms with E-state index in [9.17, 15) is 26.4 Å². The van der Waals surface area contributed by atoms with Crippen molar-refractivity contribution in [2.24, 2.45) is 0 Å². The van der Waals surface area contributed by atoms with Gasteiger partial charge < -0.3 is 5.32 Å². The van der Waals surface area contributed by atoms with Crippen LogP contribution in [0.3, 0.4) is 0 Å². The molecule has 2 N–H and O–H groups in total. The number of halogens is 3. The van der Waals surface area contributed by atoms with Gasteiger partial charge in [0.05, 0.1) is 22.2 Å². The minimum atomic E-state index is -4.80. The lowest BCUT2D eigenvalue weighted by molar-refractivity contribution is -0.141. The molecule has 1 aromatic heterocycles. The molecule has 3 aromatic carbocycles. The third kappa shape index (κ3) is 6.39. The van der Waals surface area contributed by atoms with Crippen LogP contribution in [0.4, 0.5) is 18.9 Å². The fraction of sp³-hybridized carbons (Fsp3) is 0.179. The summed E-state index contributed by atoms with van der Waals surface area (Å²) >= 11 is 0. The number of hydrogen-bond acceptors (Lipinski definition) is 5. The Bertz CT molecular complexity index is 1720. The summed E-state index contributed by atoms with van der Waals surface area (Å²) in [5, 5.41) is 15.3. The van der Waals surface area contributed by atoms with Crippen LogP contribution in [0.1, 0.15) is 42.5 Å². The lowest BCUT2D eigenvalue weighted by Crippen LogP contribution is -2.40. The van der Waals surface area contributed by atoms with Gasteiger partial charge in [0.2, 0.25) is 10.0 Å². The van der Waals surface area contributed by atoms with Crippen LogP contribution in [0.15, 0.2) is 83.8 Å². The number of nitrogens with one attached hydrogen (secondary N) is 2. The number of rotatable bonds is 6. The zero-order valence-corrected chi connectivity index (χ0v) is 22.4. The van der Waals surface area contributed by atoms with Crippen molar-refractivity contribution < 1.29 is 26.4 Å². The Morgan fingerprint density at radius 1 is 0.950 bits per heavy atom. The van der Waals surface area contributed by atoms with E-state index in [4.69, 9.17) is 5.26 Å². The Hall–Kier alpha value is -4.47. The van der Waals surface area contributed by atoms with Gasteiger partial charge >= 0.3 is 6.18 Å². The van der Waals surface area contributed by atoms with Crippen molar-refractivity contribution >= 4 is 21.6 Å². The third-order valence-electron chi connectivity index (χ3n) is 5.52. The molecule has 0 radical (unpaired) electrons. The second kappa shape index (κ2) is 10.6. The van der Waals surface area contributed by atoms with Crippen molar-refractivity contribution in [2.45, 2.75) is 37.4 Å². The average molecular weight is 568 g/mol. The van der Waals surface area contributed by atoms with Gasteiger partial charge in [0.25, 0.3) is 5.91 Å². The predicted octanol–water partition coefficient (Wildman–Crippen LogP) is 5.76. The summed E-state index contributed by atoms with van der Waals surface area (Å²) in [6.07, 6.45) is -4.80. The Balaban J connectivity index is 1.65. The van der Waals surface area contributed by atoms with E-state index < -0.39 is 39.0 Å². The molecule has 206 valence electrons. The number of alkyl halides is 3. The predicted molar refractivity (Wildman–Crippen MR) is 143 cm³/mol. The van der Waals surface area contributed by atoms with Crippen LogP contribution in [-0.4, -0.2) is 29.6 Å². The van der Waals surface area contributed by atoms with Gasteiger partial charge in [-0.3, -0.25) is 4.79 Å². The fourth-order valence-electron chi connectivity index (χ4n) is 3.91. The summed E-state index contributed by atoms with van der Waals surface area (Å²) in [7, 11) is -3.85. The maximum Gasteiger partial charge on any atom is 0.435 e. The van der Waals surface area contributed by atoms with Crippen LogP contribution >= 0.6 is 0 Å². The first-order chi connectivity index (χ1) is 18.7. The summed E-state index contributed by atoms with van der Waals surface area (Å²) in [5.41, 5.74) is -0.829. The summed E-state index contributed by atoms with van der Waals surface area (Å²) in [6.45, 7) is 5.19. The molecule has 0 saturated carbocycles. The zero-order chi connectivity index (χ0) is 29.3. The van der Waals surface area contributed by atoms with Gasteiger partial charge in [-0.1, -0.05) is 36.4 Å². The topological polar surface area (TPSA) is 117 Å². The number of benzene rings is 3. The SMILES string of the molecule is CC(C)(C)NS(=O)(=O)c1ccccc1-c1ccc(NC(=O)c2cc(C(F)(F)F)nn2-c2cccc(C#N)c2)cc1. The lowest BCUT2D eigenvalue weighted by Gasteiger charge is -2.21. The van der Waals surface area contributed by atoms with Crippen LogP contribution < -0.4 is 10.0 Å². The van der Waals surface area contributed by atoms with E-state index in [1.54, 1.807) is 51.1 Å². The maximum atomic E-state index is 13.4. The van der Waals surface area contributed by atoms with Crippen LogP contribution in [0.25, 0.3) is 16.8 Å². The largest absolute Gasteiger partial charge is 0.435 e. The highest BCUT2D eigenvalue weighted by Gasteiger charge is 2.36. The highest BCUT2D eigenvalue weighted by Crippen LogP contribution is 2.31. The van der Waals surface area contributed by atoms with E-state index >= 15 is 0 Å². The van der Waals surface area contributed by atoms with Gasteiger partial charge in [-0.25, -0.2) is 17.8 Å². The third-order valence-corrected chi connectivity index (χ3v) is 7.34. The van der Waals surface area contributed by atoms with Gasteiger partial charge in [0, 0.05) is 22.9 Å². The summed E-state index contributed by atoms with van der Waals surface area (Å²) in [4.78, 5) is 13.2. The Morgan fingerprint density at radius 3 is 2.25 bits per heavy atom. The molecular formula is C28H24F3N5O3S. The fourth-order valence-corrected chi connectivity index (χ4v) is 5.56.